The van der Waals surface area contributed by atoms with Crippen LogP contribution in [0.5, 0.6) is 0 Å². The molecule has 11 heavy (non-hydrogen) atoms. The Bertz CT molecular complexity index is 113. The quantitative estimate of drug-likeness (QED) is 0.396. The Labute approximate surface area is 65.9 Å². The van der Waals surface area contributed by atoms with Crippen molar-refractivity contribution in [2.24, 2.45) is 0 Å². The number of aliphatic hydroxyl groups excluding tert-OH is 3. The van der Waals surface area contributed by atoms with Crippen molar-refractivity contribution in [2.75, 3.05) is 6.61 Å². The Balaban J connectivity index is 2.53. The molecule has 0 aromatic carbocycles. The molecule has 0 radical (unpaired) electrons. The van der Waals surface area contributed by atoms with Crippen LogP contribution in [0, 0.1) is 0 Å². The van der Waals surface area contributed by atoms with Crippen molar-refractivity contribution < 1.29 is 15.3 Å². The lowest BCUT2D eigenvalue weighted by atomic mass is 10.1. The molecule has 0 amide bonds. The third kappa shape index (κ3) is 1.54. The van der Waals surface area contributed by atoms with Gasteiger partial charge in [-0.3, -0.25) is 0 Å². The first-order chi connectivity index (χ1) is 5.20. The van der Waals surface area contributed by atoms with Gasteiger partial charge in [0, 0.05) is 6.04 Å². The van der Waals surface area contributed by atoms with Gasteiger partial charge in [0.2, 0.25) is 0 Å². The van der Waals surface area contributed by atoms with Gasteiger partial charge in [0.1, 0.15) is 0 Å². The second-order valence-corrected chi connectivity index (χ2v) is 2.95. The van der Waals surface area contributed by atoms with Crippen LogP contribution in [0.1, 0.15) is 13.3 Å². The average Bonchev–Trinajstić information content (AvgIpc) is 2.30. The summed E-state index contributed by atoms with van der Waals surface area (Å²) in [6.07, 6.45) is -0.809. The molecule has 66 valence electrons. The Morgan fingerprint density at radius 2 is 1.73 bits per heavy atom. The first kappa shape index (κ1) is 8.93. The molecule has 0 bridgehead atoms. The van der Waals surface area contributed by atoms with Gasteiger partial charge in [-0.25, -0.2) is 0 Å². The molecule has 0 aromatic rings. The summed E-state index contributed by atoms with van der Waals surface area (Å²) in [7, 11) is 0. The van der Waals surface area contributed by atoms with E-state index >= 15 is 0 Å². The van der Waals surface area contributed by atoms with Crippen molar-refractivity contribution in [3.05, 3.63) is 0 Å². The molecule has 1 heterocycles. The summed E-state index contributed by atoms with van der Waals surface area (Å²) in [5.74, 6) is 0. The fourth-order valence-electron chi connectivity index (χ4n) is 1.47. The van der Waals surface area contributed by atoms with Crippen LogP contribution in [-0.4, -0.2) is 46.2 Å². The molecule has 0 unspecified atom stereocenters. The van der Waals surface area contributed by atoms with Gasteiger partial charge in [0.05, 0.1) is 24.9 Å². The van der Waals surface area contributed by atoms with Crippen molar-refractivity contribution in [1.82, 2.24) is 5.32 Å². The lowest BCUT2D eigenvalue weighted by Crippen LogP contribution is -2.36. The van der Waals surface area contributed by atoms with Crippen LogP contribution in [0.25, 0.3) is 0 Å². The highest BCUT2D eigenvalue weighted by molar-refractivity contribution is 4.96. The van der Waals surface area contributed by atoms with Crippen molar-refractivity contribution in [1.29, 1.82) is 0 Å². The topological polar surface area (TPSA) is 72.7 Å². The van der Waals surface area contributed by atoms with E-state index in [1.54, 1.807) is 0 Å². The van der Waals surface area contributed by atoms with E-state index in [1.165, 1.54) is 0 Å². The number of aliphatic hydroxyl groups is 3. The minimum Gasteiger partial charge on any atom is -0.395 e. The minimum atomic E-state index is -0.829. The third-order valence-corrected chi connectivity index (χ3v) is 2.24. The van der Waals surface area contributed by atoms with E-state index in [2.05, 4.69) is 5.32 Å². The molecule has 4 heteroatoms. The molecular formula is C7H15NO3. The monoisotopic (exact) mass is 161 g/mol. The summed E-state index contributed by atoms with van der Waals surface area (Å²) in [6.45, 7) is 1.79. The van der Waals surface area contributed by atoms with Crippen molar-refractivity contribution in [3.8, 4) is 0 Å². The summed E-state index contributed by atoms with van der Waals surface area (Å²) in [5.41, 5.74) is 0. The summed E-state index contributed by atoms with van der Waals surface area (Å²) < 4.78 is 0. The number of hydrogen-bond donors (Lipinski definition) is 4. The maximum absolute atomic E-state index is 9.34. The molecule has 0 saturated carbocycles. The van der Waals surface area contributed by atoms with Crippen LogP contribution in [0.4, 0.5) is 0 Å². The van der Waals surface area contributed by atoms with E-state index in [0.717, 1.165) is 6.42 Å². The molecule has 1 rings (SSSR count). The Kier molecular flexibility index (Phi) is 2.84. The Morgan fingerprint density at radius 3 is 2.00 bits per heavy atom. The van der Waals surface area contributed by atoms with Gasteiger partial charge in [-0.2, -0.15) is 0 Å². The summed E-state index contributed by atoms with van der Waals surface area (Å²) in [5, 5.41) is 30.3. The van der Waals surface area contributed by atoms with Crippen molar-refractivity contribution in [3.63, 3.8) is 0 Å². The van der Waals surface area contributed by atoms with Crippen molar-refractivity contribution >= 4 is 0 Å². The maximum atomic E-state index is 9.34. The van der Waals surface area contributed by atoms with E-state index in [9.17, 15) is 10.2 Å². The van der Waals surface area contributed by atoms with Crippen LogP contribution < -0.4 is 5.32 Å². The molecule has 1 aliphatic heterocycles. The van der Waals surface area contributed by atoms with Gasteiger partial charge in [-0.15, -0.1) is 0 Å². The van der Waals surface area contributed by atoms with Gasteiger partial charge < -0.3 is 20.6 Å². The molecule has 4 N–H and O–H groups in total. The summed E-state index contributed by atoms with van der Waals surface area (Å²) in [6, 6.07) is -0.447. The molecule has 1 saturated heterocycles. The number of hydrogen-bond acceptors (Lipinski definition) is 4. The number of rotatable bonds is 2. The van der Waals surface area contributed by atoms with E-state index in [1.807, 2.05) is 6.92 Å². The summed E-state index contributed by atoms with van der Waals surface area (Å²) in [4.78, 5) is 0. The zero-order valence-corrected chi connectivity index (χ0v) is 6.57. The Hall–Kier alpha value is -0.160. The van der Waals surface area contributed by atoms with E-state index in [4.69, 9.17) is 5.11 Å². The summed E-state index contributed by atoms with van der Waals surface area (Å²) >= 11 is 0. The second-order valence-electron chi connectivity index (χ2n) is 2.95. The molecule has 1 fully saturated rings. The van der Waals surface area contributed by atoms with Gasteiger partial charge in [0.25, 0.3) is 0 Å². The van der Waals surface area contributed by atoms with Gasteiger partial charge in [-0.1, -0.05) is 6.92 Å². The highest BCUT2D eigenvalue weighted by Crippen LogP contribution is 2.15. The number of nitrogens with one attached hydrogen (secondary N) is 1. The molecule has 0 aromatic heterocycles. The molecule has 4 nitrogen and oxygen atoms in total. The lowest BCUT2D eigenvalue weighted by Gasteiger charge is -2.12. The fourth-order valence-corrected chi connectivity index (χ4v) is 1.47. The molecule has 1 aliphatic rings. The van der Waals surface area contributed by atoms with Crippen LogP contribution >= 0.6 is 0 Å². The molecular weight excluding hydrogens is 146 g/mol. The van der Waals surface area contributed by atoms with E-state index < -0.39 is 12.2 Å². The Morgan fingerprint density at radius 1 is 1.18 bits per heavy atom. The lowest BCUT2D eigenvalue weighted by molar-refractivity contribution is 0.0193. The van der Waals surface area contributed by atoms with Crippen LogP contribution in [0.2, 0.25) is 0 Å². The highest BCUT2D eigenvalue weighted by atomic mass is 16.3. The molecule has 0 spiro atoms. The minimum absolute atomic E-state index is 0.0813. The van der Waals surface area contributed by atoms with E-state index in [-0.39, 0.29) is 18.7 Å². The smallest absolute Gasteiger partial charge is 0.0989 e. The van der Waals surface area contributed by atoms with Crippen LogP contribution in [0.15, 0.2) is 0 Å². The standard InChI is InChI=1S/C7H15NO3/c1-2-4-6(10)7(11)5(3-9)8-4/h4-11H,2-3H2,1H3/t4-,5-,6+,7-/m0/s1. The SMILES string of the molecule is CC[C@@H]1N[C@@H](CO)[C@H](O)[C@@H]1O. The first-order valence-electron chi connectivity index (χ1n) is 3.93. The second kappa shape index (κ2) is 3.49. The van der Waals surface area contributed by atoms with Crippen LogP contribution in [0.3, 0.4) is 0 Å². The predicted octanol–water partition coefficient (Wildman–Crippen LogP) is -1.55. The van der Waals surface area contributed by atoms with Crippen LogP contribution in [-0.2, 0) is 0 Å². The zero-order chi connectivity index (χ0) is 8.43. The van der Waals surface area contributed by atoms with Crippen molar-refractivity contribution in [2.45, 2.75) is 37.6 Å². The normalized spacial score (nSPS) is 44.7. The van der Waals surface area contributed by atoms with Gasteiger partial charge >= 0.3 is 0 Å². The largest absolute Gasteiger partial charge is 0.395 e. The third-order valence-electron chi connectivity index (χ3n) is 2.24. The van der Waals surface area contributed by atoms with Gasteiger partial charge in [0.15, 0.2) is 0 Å². The average molecular weight is 161 g/mol. The highest BCUT2D eigenvalue weighted by Gasteiger charge is 2.39. The molecule has 0 aliphatic carbocycles. The van der Waals surface area contributed by atoms with E-state index in [0.29, 0.717) is 0 Å². The zero-order valence-electron chi connectivity index (χ0n) is 6.57. The maximum Gasteiger partial charge on any atom is 0.0989 e. The predicted molar refractivity (Wildman–Crippen MR) is 40.1 cm³/mol. The first-order valence-corrected chi connectivity index (χ1v) is 3.93. The molecule has 4 atom stereocenters. The fraction of sp³-hybridized carbons (Fsp3) is 1.00. The van der Waals surface area contributed by atoms with Gasteiger partial charge in [-0.05, 0) is 6.42 Å².